The van der Waals surface area contributed by atoms with E-state index in [1.807, 2.05) is 0 Å². The Morgan fingerprint density at radius 1 is 1.17 bits per heavy atom. The molecule has 2 nitrogen and oxygen atoms in total. The van der Waals surface area contributed by atoms with Crippen LogP contribution in [0.1, 0.15) is 11.3 Å². The maximum atomic E-state index is 12.5. The van der Waals surface area contributed by atoms with Gasteiger partial charge in [-0.25, -0.2) is 0 Å². The number of thiocarbonyl (C=S) groups is 1. The Bertz CT molecular complexity index is 589. The van der Waals surface area contributed by atoms with Crippen molar-refractivity contribution in [3.63, 3.8) is 0 Å². The molecule has 0 aliphatic heterocycles. The van der Waals surface area contributed by atoms with Gasteiger partial charge in [-0.3, -0.25) is 0 Å². The molecule has 94 valence electrons. The summed E-state index contributed by atoms with van der Waals surface area (Å²) < 4.78 is 42.9. The van der Waals surface area contributed by atoms with Crippen molar-refractivity contribution in [3.8, 4) is 11.3 Å². The zero-order valence-corrected chi connectivity index (χ0v) is 9.81. The Balaban J connectivity index is 2.41. The van der Waals surface area contributed by atoms with Crippen LogP contribution in [0.4, 0.5) is 13.2 Å². The van der Waals surface area contributed by atoms with E-state index in [1.54, 1.807) is 0 Å². The van der Waals surface area contributed by atoms with Crippen molar-refractivity contribution in [1.29, 1.82) is 0 Å². The fourth-order valence-electron chi connectivity index (χ4n) is 1.47. The minimum atomic E-state index is -4.38. The van der Waals surface area contributed by atoms with Crippen LogP contribution in [-0.2, 0) is 6.18 Å². The summed E-state index contributed by atoms with van der Waals surface area (Å²) in [4.78, 5) is 0.0632. The summed E-state index contributed by atoms with van der Waals surface area (Å²) in [6, 6.07) is 7.92. The molecular formula is C12H8F3NOS. The van der Waals surface area contributed by atoms with E-state index in [9.17, 15) is 13.2 Å². The second-order valence-electron chi connectivity index (χ2n) is 3.61. The van der Waals surface area contributed by atoms with E-state index in [0.29, 0.717) is 11.3 Å². The number of alkyl halides is 3. The van der Waals surface area contributed by atoms with Crippen molar-refractivity contribution in [3.05, 3.63) is 47.7 Å². The first-order chi connectivity index (χ1) is 8.38. The molecule has 0 radical (unpaired) electrons. The number of furan rings is 1. The van der Waals surface area contributed by atoms with Crippen LogP contribution in [0.15, 0.2) is 40.8 Å². The van der Waals surface area contributed by atoms with E-state index in [1.165, 1.54) is 24.3 Å². The number of hydrogen-bond acceptors (Lipinski definition) is 2. The third kappa shape index (κ3) is 2.53. The molecule has 1 aromatic heterocycles. The Labute approximate surface area is 106 Å². The highest BCUT2D eigenvalue weighted by Crippen LogP contribution is 2.32. The highest BCUT2D eigenvalue weighted by molar-refractivity contribution is 7.80. The lowest BCUT2D eigenvalue weighted by Crippen LogP contribution is -2.07. The van der Waals surface area contributed by atoms with Gasteiger partial charge in [0.25, 0.3) is 0 Å². The van der Waals surface area contributed by atoms with Gasteiger partial charge < -0.3 is 10.2 Å². The van der Waals surface area contributed by atoms with E-state index in [4.69, 9.17) is 22.4 Å². The van der Waals surface area contributed by atoms with Crippen LogP contribution in [0.25, 0.3) is 11.3 Å². The van der Waals surface area contributed by atoms with Gasteiger partial charge >= 0.3 is 6.18 Å². The van der Waals surface area contributed by atoms with Crippen molar-refractivity contribution >= 4 is 17.2 Å². The lowest BCUT2D eigenvalue weighted by Gasteiger charge is -2.07. The zero-order valence-electron chi connectivity index (χ0n) is 8.99. The van der Waals surface area contributed by atoms with Gasteiger partial charge in [0.1, 0.15) is 10.7 Å². The molecule has 0 aliphatic carbocycles. The van der Waals surface area contributed by atoms with Crippen molar-refractivity contribution in [1.82, 2.24) is 0 Å². The summed E-state index contributed by atoms with van der Waals surface area (Å²) in [6.07, 6.45) is -4.38. The molecule has 0 saturated heterocycles. The van der Waals surface area contributed by atoms with Gasteiger partial charge in [-0.1, -0.05) is 24.4 Å². The second kappa shape index (κ2) is 4.45. The van der Waals surface area contributed by atoms with Crippen molar-refractivity contribution in [2.75, 3.05) is 0 Å². The first-order valence-electron chi connectivity index (χ1n) is 4.95. The number of halogens is 3. The molecule has 6 heteroatoms. The molecule has 0 bridgehead atoms. The van der Waals surface area contributed by atoms with Gasteiger partial charge in [0, 0.05) is 5.56 Å². The topological polar surface area (TPSA) is 39.2 Å². The van der Waals surface area contributed by atoms with Crippen LogP contribution in [0.5, 0.6) is 0 Å². The monoisotopic (exact) mass is 271 g/mol. The van der Waals surface area contributed by atoms with Crippen LogP contribution in [0.3, 0.4) is 0 Å². The van der Waals surface area contributed by atoms with Gasteiger partial charge in [0.05, 0.1) is 5.56 Å². The first kappa shape index (κ1) is 12.6. The van der Waals surface area contributed by atoms with Crippen LogP contribution in [0.2, 0.25) is 0 Å². The molecule has 0 amide bonds. The number of nitrogens with two attached hydrogens (primary N) is 1. The Kier molecular flexibility index (Phi) is 3.13. The smallest absolute Gasteiger partial charge is 0.416 e. The van der Waals surface area contributed by atoms with Crippen LogP contribution >= 0.6 is 12.2 Å². The van der Waals surface area contributed by atoms with Crippen LogP contribution in [0, 0.1) is 0 Å². The molecule has 0 spiro atoms. The highest BCUT2D eigenvalue weighted by Gasteiger charge is 2.30. The molecule has 0 aliphatic rings. The average Bonchev–Trinajstić information content (AvgIpc) is 2.77. The molecule has 0 fully saturated rings. The molecule has 1 heterocycles. The minimum Gasteiger partial charge on any atom is -0.454 e. The van der Waals surface area contributed by atoms with Gasteiger partial charge in [-0.15, -0.1) is 0 Å². The van der Waals surface area contributed by atoms with Gasteiger partial charge in [0.2, 0.25) is 0 Å². The SMILES string of the molecule is NC(=S)c1ccc(-c2cccc(C(F)(F)F)c2)o1. The molecule has 0 atom stereocenters. The quantitative estimate of drug-likeness (QED) is 0.848. The summed E-state index contributed by atoms with van der Waals surface area (Å²) in [5.74, 6) is 0.571. The van der Waals surface area contributed by atoms with Crippen LogP contribution < -0.4 is 5.73 Å². The predicted octanol–water partition coefficient (Wildman–Crippen LogP) is 3.60. The summed E-state index contributed by atoms with van der Waals surface area (Å²) in [5, 5.41) is 0. The summed E-state index contributed by atoms with van der Waals surface area (Å²) in [5.41, 5.74) is 4.96. The van der Waals surface area contributed by atoms with Crippen molar-refractivity contribution in [2.24, 2.45) is 5.73 Å². The van der Waals surface area contributed by atoms with Crippen molar-refractivity contribution < 1.29 is 17.6 Å². The predicted molar refractivity (Wildman–Crippen MR) is 65.0 cm³/mol. The molecule has 2 aromatic rings. The Morgan fingerprint density at radius 2 is 1.89 bits per heavy atom. The third-order valence-electron chi connectivity index (χ3n) is 2.32. The maximum Gasteiger partial charge on any atom is 0.416 e. The fraction of sp³-hybridized carbons (Fsp3) is 0.0833. The molecule has 0 unspecified atom stereocenters. The summed E-state index contributed by atoms with van der Waals surface area (Å²) in [6.45, 7) is 0. The number of rotatable bonds is 2. The second-order valence-corrected chi connectivity index (χ2v) is 4.05. The maximum absolute atomic E-state index is 12.5. The van der Waals surface area contributed by atoms with E-state index in [0.717, 1.165) is 12.1 Å². The number of hydrogen-bond donors (Lipinski definition) is 1. The largest absolute Gasteiger partial charge is 0.454 e. The van der Waals surface area contributed by atoms with E-state index in [2.05, 4.69) is 0 Å². The van der Waals surface area contributed by atoms with E-state index in [-0.39, 0.29) is 10.7 Å². The molecule has 2 N–H and O–H groups in total. The molecular weight excluding hydrogens is 263 g/mol. The standard InChI is InChI=1S/C12H8F3NOS/c13-12(14,15)8-3-1-2-7(6-8)9-4-5-10(17-9)11(16)18/h1-6H,(H2,16,18). The summed E-state index contributed by atoms with van der Waals surface area (Å²) in [7, 11) is 0. The molecule has 0 saturated carbocycles. The first-order valence-corrected chi connectivity index (χ1v) is 5.36. The lowest BCUT2D eigenvalue weighted by atomic mass is 10.1. The molecule has 18 heavy (non-hydrogen) atoms. The average molecular weight is 271 g/mol. The molecule has 2 rings (SSSR count). The van der Waals surface area contributed by atoms with Crippen LogP contribution in [-0.4, -0.2) is 4.99 Å². The normalized spacial score (nSPS) is 11.5. The van der Waals surface area contributed by atoms with Gasteiger partial charge in [-0.2, -0.15) is 13.2 Å². The Hall–Kier alpha value is -1.82. The lowest BCUT2D eigenvalue weighted by molar-refractivity contribution is -0.137. The minimum absolute atomic E-state index is 0.0632. The highest BCUT2D eigenvalue weighted by atomic mass is 32.1. The summed E-state index contributed by atoms with van der Waals surface area (Å²) >= 11 is 4.71. The number of benzene rings is 1. The van der Waals surface area contributed by atoms with Gasteiger partial charge in [-0.05, 0) is 24.3 Å². The van der Waals surface area contributed by atoms with Gasteiger partial charge in [0.15, 0.2) is 5.76 Å². The van der Waals surface area contributed by atoms with E-state index >= 15 is 0 Å². The molecule has 1 aromatic carbocycles. The Morgan fingerprint density at radius 3 is 2.44 bits per heavy atom. The fourth-order valence-corrected chi connectivity index (χ4v) is 1.58. The van der Waals surface area contributed by atoms with E-state index < -0.39 is 11.7 Å². The third-order valence-corrected chi connectivity index (χ3v) is 2.52. The zero-order chi connectivity index (χ0) is 13.3. The van der Waals surface area contributed by atoms with Crippen molar-refractivity contribution in [2.45, 2.75) is 6.18 Å².